The smallest absolute Gasteiger partial charge is 0.162 e. The van der Waals surface area contributed by atoms with Crippen LogP contribution < -0.4 is 0 Å². The van der Waals surface area contributed by atoms with Gasteiger partial charge < -0.3 is 4.74 Å². The van der Waals surface area contributed by atoms with Gasteiger partial charge in [-0.1, -0.05) is 15.9 Å². The van der Waals surface area contributed by atoms with E-state index in [2.05, 4.69) is 31.9 Å². The van der Waals surface area contributed by atoms with Crippen molar-refractivity contribution in [3.8, 4) is 0 Å². The molecule has 0 aromatic rings. The highest BCUT2D eigenvalue weighted by atomic mass is 79.9. The molecule has 1 aliphatic carbocycles. The van der Waals surface area contributed by atoms with Gasteiger partial charge in [0.15, 0.2) is 16.2 Å². The lowest BCUT2D eigenvalue weighted by Gasteiger charge is -2.37. The van der Waals surface area contributed by atoms with Gasteiger partial charge in [-0.3, -0.25) is 0 Å². The van der Waals surface area contributed by atoms with E-state index < -0.39 is 20.5 Å². The minimum atomic E-state index is -1.06. The third kappa shape index (κ3) is 1.87. The SMILES string of the molecule is COC1(Br)C=C(F)C(F)=CC1(C)Br. The fraction of sp³-hybridized carbons (Fsp3) is 0.500. The Morgan fingerprint density at radius 3 is 2.15 bits per heavy atom. The average Bonchev–Trinajstić information content (AvgIpc) is 2.00. The van der Waals surface area contributed by atoms with Crippen molar-refractivity contribution < 1.29 is 13.5 Å². The maximum atomic E-state index is 12.9. The summed E-state index contributed by atoms with van der Waals surface area (Å²) in [5.41, 5.74) is 0. The van der Waals surface area contributed by atoms with E-state index in [4.69, 9.17) is 4.74 Å². The van der Waals surface area contributed by atoms with Gasteiger partial charge in [0.1, 0.15) is 0 Å². The van der Waals surface area contributed by atoms with E-state index in [0.717, 1.165) is 12.2 Å². The molecule has 13 heavy (non-hydrogen) atoms. The van der Waals surface area contributed by atoms with Crippen LogP contribution in [0.2, 0.25) is 0 Å². The Morgan fingerprint density at radius 1 is 1.23 bits per heavy atom. The van der Waals surface area contributed by atoms with Crippen molar-refractivity contribution in [1.29, 1.82) is 0 Å². The fourth-order valence-corrected chi connectivity index (χ4v) is 1.83. The first kappa shape index (κ1) is 11.3. The van der Waals surface area contributed by atoms with E-state index in [0.29, 0.717) is 0 Å². The third-order valence-electron chi connectivity index (χ3n) is 1.90. The van der Waals surface area contributed by atoms with Crippen LogP contribution in [0.1, 0.15) is 6.92 Å². The summed E-state index contributed by atoms with van der Waals surface area (Å²) in [7, 11) is 1.41. The molecule has 5 heteroatoms. The zero-order valence-corrected chi connectivity index (χ0v) is 10.2. The van der Waals surface area contributed by atoms with Crippen LogP contribution in [0.3, 0.4) is 0 Å². The Kier molecular flexibility index (Phi) is 3.00. The van der Waals surface area contributed by atoms with Crippen molar-refractivity contribution in [1.82, 2.24) is 0 Å². The molecule has 0 fully saturated rings. The van der Waals surface area contributed by atoms with Gasteiger partial charge in [-0.2, -0.15) is 0 Å². The molecule has 0 heterocycles. The van der Waals surface area contributed by atoms with Crippen molar-refractivity contribution in [3.63, 3.8) is 0 Å². The molecule has 0 aromatic heterocycles. The van der Waals surface area contributed by atoms with Crippen LogP contribution >= 0.6 is 31.9 Å². The number of methoxy groups -OCH3 is 1. The number of allylic oxidation sites excluding steroid dienone is 2. The summed E-state index contributed by atoms with van der Waals surface area (Å²) in [6.07, 6.45) is 2.18. The number of alkyl halides is 2. The first-order valence-corrected chi connectivity index (χ1v) is 5.11. The fourth-order valence-electron chi connectivity index (χ4n) is 1.04. The van der Waals surface area contributed by atoms with Crippen molar-refractivity contribution in [2.75, 3.05) is 7.11 Å². The number of halogens is 4. The maximum absolute atomic E-state index is 12.9. The molecule has 0 aliphatic heterocycles. The normalized spacial score (nSPS) is 39.8. The Morgan fingerprint density at radius 2 is 1.69 bits per heavy atom. The van der Waals surface area contributed by atoms with E-state index in [1.54, 1.807) is 6.92 Å². The molecule has 0 bridgehead atoms. The Bertz CT molecular complexity index is 286. The molecule has 1 rings (SSSR count). The maximum Gasteiger partial charge on any atom is 0.162 e. The summed E-state index contributed by atoms with van der Waals surface area (Å²) in [5, 5.41) is 0. The van der Waals surface area contributed by atoms with Crippen LogP contribution in [-0.2, 0) is 4.74 Å². The molecule has 0 radical (unpaired) electrons. The molecular formula is C8H8Br2F2O. The molecule has 0 saturated carbocycles. The monoisotopic (exact) mass is 316 g/mol. The minimum absolute atomic E-state index is 0.811. The van der Waals surface area contributed by atoms with Gasteiger partial charge in [-0.15, -0.1) is 0 Å². The first-order valence-electron chi connectivity index (χ1n) is 3.52. The molecule has 0 saturated heterocycles. The second kappa shape index (κ2) is 3.44. The van der Waals surface area contributed by atoms with E-state index in [1.807, 2.05) is 0 Å². The summed E-state index contributed by atoms with van der Waals surface area (Å²) in [6.45, 7) is 1.67. The Balaban J connectivity index is 3.16. The summed E-state index contributed by atoms with van der Waals surface area (Å²) in [6, 6.07) is 0. The third-order valence-corrected chi connectivity index (χ3v) is 4.63. The van der Waals surface area contributed by atoms with E-state index >= 15 is 0 Å². The predicted octanol–water partition coefficient (Wildman–Crippen LogP) is 3.60. The summed E-state index contributed by atoms with van der Waals surface area (Å²) in [4.78, 5) is 0. The van der Waals surface area contributed by atoms with Gasteiger partial charge in [-0.05, 0) is 35.0 Å². The molecule has 1 aliphatic rings. The molecule has 2 unspecified atom stereocenters. The first-order chi connectivity index (χ1) is 5.82. The molecule has 0 aromatic carbocycles. The minimum Gasteiger partial charge on any atom is -0.361 e. The summed E-state index contributed by atoms with van der Waals surface area (Å²) in [5.74, 6) is -1.80. The van der Waals surface area contributed by atoms with Crippen LogP contribution in [0.25, 0.3) is 0 Å². The van der Waals surface area contributed by atoms with Crippen molar-refractivity contribution in [2.24, 2.45) is 0 Å². The van der Waals surface area contributed by atoms with Crippen molar-refractivity contribution >= 4 is 31.9 Å². The van der Waals surface area contributed by atoms with Gasteiger partial charge in [0.05, 0.1) is 4.32 Å². The van der Waals surface area contributed by atoms with Gasteiger partial charge in [0, 0.05) is 7.11 Å². The summed E-state index contributed by atoms with van der Waals surface area (Å²) < 4.78 is 28.9. The number of hydrogen-bond acceptors (Lipinski definition) is 1. The summed E-state index contributed by atoms with van der Waals surface area (Å²) >= 11 is 6.43. The van der Waals surface area contributed by atoms with Gasteiger partial charge in [-0.25, -0.2) is 8.78 Å². The number of hydrogen-bond donors (Lipinski definition) is 0. The van der Waals surface area contributed by atoms with Crippen LogP contribution in [0.5, 0.6) is 0 Å². The van der Waals surface area contributed by atoms with E-state index in [-0.39, 0.29) is 0 Å². The second-order valence-corrected chi connectivity index (χ2v) is 5.73. The quantitative estimate of drug-likeness (QED) is 0.671. The molecule has 2 atom stereocenters. The highest BCUT2D eigenvalue weighted by molar-refractivity contribution is 9.13. The Hall–Kier alpha value is 0.260. The van der Waals surface area contributed by atoms with Gasteiger partial charge in [0.2, 0.25) is 0 Å². The van der Waals surface area contributed by atoms with Crippen LogP contribution in [0, 0.1) is 0 Å². The number of rotatable bonds is 1. The lowest BCUT2D eigenvalue weighted by Crippen LogP contribution is -2.43. The van der Waals surface area contributed by atoms with Gasteiger partial charge >= 0.3 is 0 Å². The lowest BCUT2D eigenvalue weighted by atomic mass is 9.98. The molecule has 0 amide bonds. The van der Waals surface area contributed by atoms with Crippen LogP contribution in [-0.4, -0.2) is 15.9 Å². The van der Waals surface area contributed by atoms with Crippen LogP contribution in [0.4, 0.5) is 8.78 Å². The van der Waals surface area contributed by atoms with Gasteiger partial charge in [0.25, 0.3) is 0 Å². The van der Waals surface area contributed by atoms with E-state index in [9.17, 15) is 8.78 Å². The molecule has 0 N–H and O–H groups in total. The highest BCUT2D eigenvalue weighted by Crippen LogP contribution is 2.46. The zero-order valence-electron chi connectivity index (χ0n) is 7.07. The molecular weight excluding hydrogens is 310 g/mol. The average molecular weight is 318 g/mol. The largest absolute Gasteiger partial charge is 0.361 e. The zero-order chi connectivity index (χ0) is 10.3. The van der Waals surface area contributed by atoms with Crippen molar-refractivity contribution in [2.45, 2.75) is 15.8 Å². The highest BCUT2D eigenvalue weighted by Gasteiger charge is 2.46. The standard InChI is InChI=1S/C8H8Br2F2O/c1-7(9)3-5(11)6(12)4-8(7,10)13-2/h3-4H,1-2H3. The predicted molar refractivity (Wildman–Crippen MR) is 54.4 cm³/mol. The number of ether oxygens (including phenoxy) is 1. The van der Waals surface area contributed by atoms with Crippen molar-refractivity contribution in [3.05, 3.63) is 23.8 Å². The topological polar surface area (TPSA) is 9.23 Å². The molecule has 74 valence electrons. The van der Waals surface area contributed by atoms with Crippen LogP contribution in [0.15, 0.2) is 23.8 Å². The Labute approximate surface area is 92.1 Å². The second-order valence-electron chi connectivity index (χ2n) is 2.91. The lowest BCUT2D eigenvalue weighted by molar-refractivity contribution is 0.0976. The molecule has 1 nitrogen and oxygen atoms in total. The molecule has 0 spiro atoms. The van der Waals surface area contributed by atoms with E-state index in [1.165, 1.54) is 7.11 Å².